The highest BCUT2D eigenvalue weighted by molar-refractivity contribution is 9.10. The van der Waals surface area contributed by atoms with E-state index < -0.39 is 4.92 Å². The molecule has 1 atom stereocenters. The Labute approximate surface area is 123 Å². The minimum atomic E-state index is -0.516. The molecular formula is C12H14BrN3O4. The van der Waals surface area contributed by atoms with Crippen LogP contribution < -0.4 is 5.32 Å². The van der Waals surface area contributed by atoms with Crippen LogP contribution >= 0.6 is 15.9 Å². The van der Waals surface area contributed by atoms with E-state index in [-0.39, 0.29) is 24.2 Å². The number of urea groups is 1. The third-order valence-electron chi connectivity index (χ3n) is 3.23. The summed E-state index contributed by atoms with van der Waals surface area (Å²) < 4.78 is 0.363. The molecule has 20 heavy (non-hydrogen) atoms. The van der Waals surface area contributed by atoms with E-state index in [0.717, 1.165) is 6.42 Å². The van der Waals surface area contributed by atoms with Crippen molar-refractivity contribution in [3.05, 3.63) is 32.8 Å². The van der Waals surface area contributed by atoms with Crippen molar-refractivity contribution in [2.24, 2.45) is 5.92 Å². The van der Waals surface area contributed by atoms with E-state index in [1.165, 1.54) is 12.1 Å². The van der Waals surface area contributed by atoms with Crippen molar-refractivity contribution >= 4 is 33.3 Å². The molecule has 2 rings (SSSR count). The number of aliphatic hydroxyl groups is 1. The maximum atomic E-state index is 12.0. The quantitative estimate of drug-likeness (QED) is 0.649. The SMILES string of the molecule is O=C(Nc1ccc(Br)c([N+](=O)[O-])c1)N1CCC(CO)C1. The highest BCUT2D eigenvalue weighted by atomic mass is 79.9. The Kier molecular flexibility index (Phi) is 4.56. The van der Waals surface area contributed by atoms with Gasteiger partial charge in [-0.1, -0.05) is 0 Å². The number of nitrogens with zero attached hydrogens (tertiary/aromatic N) is 2. The standard InChI is InChI=1S/C12H14BrN3O4/c13-10-2-1-9(5-11(10)16(19)20)14-12(18)15-4-3-8(6-15)7-17/h1-2,5,8,17H,3-4,6-7H2,(H,14,18). The second-order valence-electron chi connectivity index (χ2n) is 4.64. The Hall–Kier alpha value is -1.67. The molecule has 1 fully saturated rings. The molecule has 2 N–H and O–H groups in total. The Morgan fingerprint density at radius 3 is 2.95 bits per heavy atom. The summed E-state index contributed by atoms with van der Waals surface area (Å²) in [4.78, 5) is 23.9. The lowest BCUT2D eigenvalue weighted by atomic mass is 10.1. The molecule has 8 heteroatoms. The Morgan fingerprint density at radius 2 is 2.35 bits per heavy atom. The van der Waals surface area contributed by atoms with Gasteiger partial charge in [-0.2, -0.15) is 0 Å². The number of anilines is 1. The monoisotopic (exact) mass is 343 g/mol. The van der Waals surface area contributed by atoms with Gasteiger partial charge in [-0.25, -0.2) is 4.79 Å². The van der Waals surface area contributed by atoms with Crippen LogP contribution in [0.2, 0.25) is 0 Å². The van der Waals surface area contributed by atoms with Crippen LogP contribution in [-0.2, 0) is 0 Å². The Bertz CT molecular complexity index is 537. The average molecular weight is 344 g/mol. The van der Waals surface area contributed by atoms with E-state index >= 15 is 0 Å². The van der Waals surface area contributed by atoms with E-state index in [1.807, 2.05) is 0 Å². The topological polar surface area (TPSA) is 95.7 Å². The molecule has 1 aliphatic heterocycles. The van der Waals surface area contributed by atoms with Crippen LogP contribution in [-0.4, -0.2) is 40.7 Å². The van der Waals surface area contributed by atoms with Crippen molar-refractivity contribution in [2.45, 2.75) is 6.42 Å². The lowest BCUT2D eigenvalue weighted by molar-refractivity contribution is -0.385. The fourth-order valence-corrected chi connectivity index (χ4v) is 2.49. The van der Waals surface area contributed by atoms with E-state index in [2.05, 4.69) is 21.2 Å². The summed E-state index contributed by atoms with van der Waals surface area (Å²) in [5.41, 5.74) is 0.273. The van der Waals surface area contributed by atoms with Gasteiger partial charge in [-0.05, 0) is 34.5 Å². The third-order valence-corrected chi connectivity index (χ3v) is 3.90. The number of nitro benzene ring substituents is 1. The predicted molar refractivity (Wildman–Crippen MR) is 76.6 cm³/mol. The number of rotatable bonds is 3. The lowest BCUT2D eigenvalue weighted by Gasteiger charge is -2.17. The molecule has 1 aliphatic rings. The molecule has 0 saturated carbocycles. The van der Waals surface area contributed by atoms with Gasteiger partial charge in [-0.3, -0.25) is 10.1 Å². The summed E-state index contributed by atoms with van der Waals surface area (Å²) in [6.45, 7) is 1.14. The van der Waals surface area contributed by atoms with Gasteiger partial charge in [-0.15, -0.1) is 0 Å². The number of carbonyl (C=O) groups is 1. The number of likely N-dealkylation sites (tertiary alicyclic amines) is 1. The fraction of sp³-hybridized carbons (Fsp3) is 0.417. The van der Waals surface area contributed by atoms with Crippen molar-refractivity contribution in [3.8, 4) is 0 Å². The molecule has 108 valence electrons. The van der Waals surface area contributed by atoms with E-state index in [4.69, 9.17) is 5.11 Å². The van der Waals surface area contributed by atoms with Gasteiger partial charge >= 0.3 is 6.03 Å². The predicted octanol–water partition coefficient (Wildman–Crippen LogP) is 2.20. The minimum Gasteiger partial charge on any atom is -0.396 e. The molecule has 1 heterocycles. The molecule has 0 aromatic heterocycles. The number of halogens is 1. The van der Waals surface area contributed by atoms with Gasteiger partial charge in [0.05, 0.1) is 9.40 Å². The smallest absolute Gasteiger partial charge is 0.321 e. The van der Waals surface area contributed by atoms with Gasteiger partial charge in [0.2, 0.25) is 0 Å². The van der Waals surface area contributed by atoms with E-state index in [9.17, 15) is 14.9 Å². The zero-order valence-electron chi connectivity index (χ0n) is 10.6. The van der Waals surface area contributed by atoms with E-state index in [0.29, 0.717) is 23.2 Å². The first kappa shape index (κ1) is 14.7. The van der Waals surface area contributed by atoms with Crippen LogP contribution in [0.4, 0.5) is 16.2 Å². The van der Waals surface area contributed by atoms with Crippen molar-refractivity contribution in [1.29, 1.82) is 0 Å². The normalized spacial score (nSPS) is 18.1. The largest absolute Gasteiger partial charge is 0.396 e. The number of nitrogens with one attached hydrogen (secondary N) is 1. The van der Waals surface area contributed by atoms with Crippen molar-refractivity contribution in [2.75, 3.05) is 25.0 Å². The summed E-state index contributed by atoms with van der Waals surface area (Å²) in [5, 5.41) is 22.5. The van der Waals surface area contributed by atoms with Gasteiger partial charge in [0.15, 0.2) is 0 Å². The Morgan fingerprint density at radius 1 is 1.60 bits per heavy atom. The number of carbonyl (C=O) groups excluding carboxylic acids is 1. The zero-order chi connectivity index (χ0) is 14.7. The second kappa shape index (κ2) is 6.19. The third kappa shape index (κ3) is 3.26. The molecular weight excluding hydrogens is 330 g/mol. The molecule has 1 aromatic rings. The van der Waals surface area contributed by atoms with E-state index in [1.54, 1.807) is 11.0 Å². The van der Waals surface area contributed by atoms with Crippen LogP contribution in [0.15, 0.2) is 22.7 Å². The van der Waals surface area contributed by atoms with Gasteiger partial charge < -0.3 is 15.3 Å². The van der Waals surface area contributed by atoms with Crippen LogP contribution in [0, 0.1) is 16.0 Å². The number of benzene rings is 1. The molecule has 1 unspecified atom stereocenters. The van der Waals surface area contributed by atoms with Crippen LogP contribution in [0.5, 0.6) is 0 Å². The first-order chi connectivity index (χ1) is 9.51. The number of aliphatic hydroxyl groups excluding tert-OH is 1. The molecule has 0 aliphatic carbocycles. The van der Waals surface area contributed by atoms with Crippen molar-refractivity contribution < 1.29 is 14.8 Å². The molecule has 1 saturated heterocycles. The first-order valence-electron chi connectivity index (χ1n) is 6.12. The van der Waals surface area contributed by atoms with Gasteiger partial charge in [0, 0.05) is 37.4 Å². The maximum Gasteiger partial charge on any atom is 0.321 e. The number of nitro groups is 1. The molecule has 7 nitrogen and oxygen atoms in total. The highest BCUT2D eigenvalue weighted by Gasteiger charge is 2.26. The lowest BCUT2D eigenvalue weighted by Crippen LogP contribution is -2.33. The Balaban J connectivity index is 2.05. The zero-order valence-corrected chi connectivity index (χ0v) is 12.2. The molecule has 2 amide bonds. The highest BCUT2D eigenvalue weighted by Crippen LogP contribution is 2.28. The number of hydrogen-bond acceptors (Lipinski definition) is 4. The number of amides is 2. The second-order valence-corrected chi connectivity index (χ2v) is 5.49. The molecule has 1 aromatic carbocycles. The van der Waals surface area contributed by atoms with Crippen LogP contribution in [0.1, 0.15) is 6.42 Å². The van der Waals surface area contributed by atoms with Crippen molar-refractivity contribution in [3.63, 3.8) is 0 Å². The first-order valence-corrected chi connectivity index (χ1v) is 6.91. The summed E-state index contributed by atoms with van der Waals surface area (Å²) in [6, 6.07) is 4.11. The fourth-order valence-electron chi connectivity index (χ4n) is 2.10. The summed E-state index contributed by atoms with van der Waals surface area (Å²) >= 11 is 3.09. The minimum absolute atomic E-state index is 0.0630. The van der Waals surface area contributed by atoms with Crippen molar-refractivity contribution in [1.82, 2.24) is 4.90 Å². The van der Waals surface area contributed by atoms with Crippen LogP contribution in [0.25, 0.3) is 0 Å². The summed E-state index contributed by atoms with van der Waals surface area (Å²) in [6.07, 6.45) is 0.768. The van der Waals surface area contributed by atoms with Gasteiger partial charge in [0.1, 0.15) is 0 Å². The molecule has 0 radical (unpaired) electrons. The van der Waals surface area contributed by atoms with Gasteiger partial charge in [0.25, 0.3) is 5.69 Å². The molecule has 0 bridgehead atoms. The summed E-state index contributed by atoms with van der Waals surface area (Å²) in [7, 11) is 0. The average Bonchev–Trinajstić information content (AvgIpc) is 2.89. The molecule has 0 spiro atoms. The number of hydrogen-bond donors (Lipinski definition) is 2. The van der Waals surface area contributed by atoms with Crippen LogP contribution in [0.3, 0.4) is 0 Å². The maximum absolute atomic E-state index is 12.0. The summed E-state index contributed by atoms with van der Waals surface area (Å²) in [5.74, 6) is 0.111.